The van der Waals surface area contributed by atoms with E-state index in [1.54, 1.807) is 48.4 Å². The molecule has 2 aromatic heterocycles. The van der Waals surface area contributed by atoms with Gasteiger partial charge in [-0.25, -0.2) is 4.79 Å². The van der Waals surface area contributed by atoms with Crippen molar-refractivity contribution in [2.24, 2.45) is 5.92 Å². The van der Waals surface area contributed by atoms with Crippen LogP contribution in [-0.4, -0.2) is 51.2 Å². The third kappa shape index (κ3) is 4.19. The molecule has 2 atom stereocenters. The second kappa shape index (κ2) is 8.66. The van der Waals surface area contributed by atoms with Crippen LogP contribution in [-0.2, 0) is 6.54 Å². The van der Waals surface area contributed by atoms with E-state index in [0.29, 0.717) is 36.1 Å². The smallest absolute Gasteiger partial charge is 0.324 e. The Balaban J connectivity index is 1.28. The number of hydrogen-bond acceptors (Lipinski definition) is 7. The lowest BCUT2D eigenvalue weighted by Crippen LogP contribution is -2.49. The molecule has 11 heteroatoms. The Morgan fingerprint density at radius 3 is 2.70 bits per heavy atom. The van der Waals surface area contributed by atoms with Crippen molar-refractivity contribution < 1.29 is 14.3 Å². The van der Waals surface area contributed by atoms with Crippen LogP contribution >= 0.6 is 11.5 Å². The monoisotopic (exact) mass is 466 g/mol. The van der Waals surface area contributed by atoms with Crippen molar-refractivity contribution in [1.29, 1.82) is 0 Å². The number of rotatable bonds is 4. The van der Waals surface area contributed by atoms with Crippen LogP contribution < -0.4 is 20.9 Å². The second-order valence-corrected chi connectivity index (χ2v) is 8.92. The number of nitrogens with one attached hydrogen (secondary N) is 2. The maximum absolute atomic E-state index is 13.3. The summed E-state index contributed by atoms with van der Waals surface area (Å²) in [4.78, 5) is 39.7. The van der Waals surface area contributed by atoms with Gasteiger partial charge < -0.3 is 19.5 Å². The Morgan fingerprint density at radius 2 is 1.91 bits per heavy atom. The number of piperidine rings is 1. The predicted octanol–water partition coefficient (Wildman–Crippen LogP) is 2.61. The minimum atomic E-state index is -0.496. The number of aromatic nitrogens is 3. The fourth-order valence-electron chi connectivity index (χ4n) is 4.56. The first-order valence-electron chi connectivity index (χ1n) is 10.5. The second-order valence-electron chi connectivity index (χ2n) is 8.17. The molecule has 2 N–H and O–H groups in total. The number of carbonyl (C=O) groups excluding carboxylic acids is 2. The molecule has 1 fully saturated rings. The Bertz CT molecular complexity index is 1250. The number of nitrogens with zero attached hydrogens (tertiary/aromatic N) is 4. The number of pyridine rings is 1. The van der Waals surface area contributed by atoms with E-state index in [4.69, 9.17) is 4.74 Å². The van der Waals surface area contributed by atoms with Gasteiger partial charge in [0.1, 0.15) is 5.75 Å². The molecule has 1 saturated heterocycles. The number of carbonyl (C=O) groups is 2. The molecule has 0 radical (unpaired) electrons. The quantitative estimate of drug-likeness (QED) is 0.610. The van der Waals surface area contributed by atoms with E-state index in [0.717, 1.165) is 23.6 Å². The Kier molecular flexibility index (Phi) is 5.55. The first kappa shape index (κ1) is 21.1. The lowest BCUT2D eigenvalue weighted by atomic mass is 9.83. The van der Waals surface area contributed by atoms with Crippen molar-refractivity contribution in [2.75, 3.05) is 30.8 Å². The summed E-state index contributed by atoms with van der Waals surface area (Å²) in [6.07, 6.45) is 0.942. The van der Waals surface area contributed by atoms with Gasteiger partial charge in [0.15, 0.2) is 10.7 Å². The zero-order chi connectivity index (χ0) is 22.9. The highest BCUT2D eigenvalue weighted by molar-refractivity contribution is 7.10. The lowest BCUT2D eigenvalue weighted by Gasteiger charge is -2.42. The number of fused-ring (bicyclic) bond motifs is 4. The maximum atomic E-state index is 13.3. The lowest BCUT2D eigenvalue weighted by molar-refractivity contribution is 0.0590. The largest absolute Gasteiger partial charge is 0.497 e. The SMILES string of the molecule is COc1ccc(NC(=O)Nc2snnc2C(=O)N2C[C@@H]3C[C@@H](C2)c2cccc(=O)n2C3)cc1. The van der Waals surface area contributed by atoms with Crippen molar-refractivity contribution in [3.8, 4) is 5.75 Å². The number of hydrogen-bond donors (Lipinski definition) is 2. The normalized spacial score (nSPS) is 18.9. The summed E-state index contributed by atoms with van der Waals surface area (Å²) in [5.74, 6) is 0.697. The van der Waals surface area contributed by atoms with Gasteiger partial charge in [-0.05, 0) is 42.7 Å². The van der Waals surface area contributed by atoms with E-state index in [1.165, 1.54) is 0 Å². The molecule has 5 rings (SSSR count). The third-order valence-corrected chi connectivity index (χ3v) is 6.67. The molecule has 0 saturated carbocycles. The van der Waals surface area contributed by atoms with Gasteiger partial charge in [-0.2, -0.15) is 0 Å². The highest BCUT2D eigenvalue weighted by Gasteiger charge is 2.37. The molecule has 33 heavy (non-hydrogen) atoms. The number of methoxy groups -OCH3 is 1. The van der Waals surface area contributed by atoms with E-state index in [9.17, 15) is 14.4 Å². The molecule has 3 aromatic rings. The molecule has 2 aliphatic rings. The maximum Gasteiger partial charge on any atom is 0.324 e. The molecule has 170 valence electrons. The molecule has 0 aliphatic carbocycles. The van der Waals surface area contributed by atoms with E-state index in [1.807, 2.05) is 10.6 Å². The number of ether oxygens (including phenoxy) is 1. The summed E-state index contributed by atoms with van der Waals surface area (Å²) in [6, 6.07) is 11.7. The van der Waals surface area contributed by atoms with Crippen molar-refractivity contribution in [1.82, 2.24) is 19.1 Å². The summed E-state index contributed by atoms with van der Waals surface area (Å²) in [5.41, 5.74) is 1.66. The van der Waals surface area contributed by atoms with Crippen LogP contribution in [0.3, 0.4) is 0 Å². The molecule has 0 unspecified atom stereocenters. The molecule has 3 amide bonds. The molecular formula is C22H22N6O4S. The van der Waals surface area contributed by atoms with Gasteiger partial charge in [0.25, 0.3) is 11.5 Å². The van der Waals surface area contributed by atoms with E-state index in [2.05, 4.69) is 20.2 Å². The highest BCUT2D eigenvalue weighted by atomic mass is 32.1. The molecule has 2 aliphatic heterocycles. The molecule has 4 heterocycles. The molecule has 2 bridgehead atoms. The minimum absolute atomic E-state index is 0.0000337. The number of anilines is 2. The average Bonchev–Trinajstić information content (AvgIpc) is 3.27. The summed E-state index contributed by atoms with van der Waals surface area (Å²) in [6.45, 7) is 1.62. The van der Waals surface area contributed by atoms with Crippen molar-refractivity contribution in [2.45, 2.75) is 18.9 Å². The highest BCUT2D eigenvalue weighted by Crippen LogP contribution is 2.36. The van der Waals surface area contributed by atoms with Crippen molar-refractivity contribution >= 4 is 34.2 Å². The number of urea groups is 1. The van der Waals surface area contributed by atoms with Crippen LogP contribution in [0.15, 0.2) is 47.3 Å². The third-order valence-electron chi connectivity index (χ3n) is 6.03. The van der Waals surface area contributed by atoms with E-state index in [-0.39, 0.29) is 29.0 Å². The van der Waals surface area contributed by atoms with Crippen LogP contribution in [0, 0.1) is 5.92 Å². The number of likely N-dealkylation sites (tertiary alicyclic amines) is 1. The van der Waals surface area contributed by atoms with Crippen molar-refractivity contribution in [3.05, 3.63) is 64.2 Å². The van der Waals surface area contributed by atoms with Gasteiger partial charge >= 0.3 is 6.03 Å². The van der Waals surface area contributed by atoms with Crippen LogP contribution in [0.1, 0.15) is 28.5 Å². The van der Waals surface area contributed by atoms with Gasteiger partial charge in [-0.1, -0.05) is 10.6 Å². The molecule has 10 nitrogen and oxygen atoms in total. The van der Waals surface area contributed by atoms with Gasteiger partial charge in [0, 0.05) is 54.5 Å². The van der Waals surface area contributed by atoms with Gasteiger partial charge in [0.05, 0.1) is 7.11 Å². The summed E-state index contributed by atoms with van der Waals surface area (Å²) >= 11 is 0.953. The molecule has 0 spiro atoms. The Labute approximate surface area is 193 Å². The van der Waals surface area contributed by atoms with E-state index < -0.39 is 6.03 Å². The van der Waals surface area contributed by atoms with E-state index >= 15 is 0 Å². The Morgan fingerprint density at radius 1 is 1.09 bits per heavy atom. The van der Waals surface area contributed by atoms with Crippen LogP contribution in [0.4, 0.5) is 15.5 Å². The predicted molar refractivity (Wildman–Crippen MR) is 123 cm³/mol. The molecular weight excluding hydrogens is 444 g/mol. The molecule has 1 aromatic carbocycles. The van der Waals surface area contributed by atoms with Crippen LogP contribution in [0.25, 0.3) is 0 Å². The minimum Gasteiger partial charge on any atom is -0.497 e. The van der Waals surface area contributed by atoms with Crippen LogP contribution in [0.2, 0.25) is 0 Å². The fourth-order valence-corrected chi connectivity index (χ4v) is 5.12. The Hall–Kier alpha value is -3.73. The first-order chi connectivity index (χ1) is 16.0. The average molecular weight is 467 g/mol. The standard InChI is InChI=1S/C22H22N6O4S/c1-32-16-7-5-15(6-8-16)23-22(31)24-20-19(25-26-33-20)21(30)27-10-13-9-14(12-27)17-3-2-4-18(29)28(17)11-13/h2-8,13-14H,9-12H2,1H3,(H2,23,24,31)/t13-,14-/m0/s1. The summed E-state index contributed by atoms with van der Waals surface area (Å²) in [7, 11) is 1.57. The number of benzene rings is 1. The van der Waals surface area contributed by atoms with Gasteiger partial charge in [0.2, 0.25) is 0 Å². The van der Waals surface area contributed by atoms with Gasteiger partial charge in [-0.3, -0.25) is 14.9 Å². The summed E-state index contributed by atoms with van der Waals surface area (Å²) < 4.78 is 10.8. The first-order valence-corrected chi connectivity index (χ1v) is 11.3. The topological polar surface area (TPSA) is 118 Å². The zero-order valence-electron chi connectivity index (χ0n) is 17.9. The fraction of sp³-hybridized carbons (Fsp3) is 0.318. The van der Waals surface area contributed by atoms with Crippen molar-refractivity contribution in [3.63, 3.8) is 0 Å². The van der Waals surface area contributed by atoms with Gasteiger partial charge in [-0.15, -0.1) is 5.10 Å². The van der Waals surface area contributed by atoms with Crippen LogP contribution in [0.5, 0.6) is 5.75 Å². The number of amides is 3. The zero-order valence-corrected chi connectivity index (χ0v) is 18.7. The summed E-state index contributed by atoms with van der Waals surface area (Å²) in [5, 5.41) is 9.67.